The zero-order valence-corrected chi connectivity index (χ0v) is 11.6. The van der Waals surface area contributed by atoms with Crippen LogP contribution in [0.1, 0.15) is 5.56 Å². The molecule has 0 fully saturated rings. The van der Waals surface area contributed by atoms with E-state index < -0.39 is 0 Å². The molecule has 0 bridgehead atoms. The molecule has 0 saturated carbocycles. The number of methoxy groups -OCH3 is 1. The number of halogens is 1. The lowest BCUT2D eigenvalue weighted by Crippen LogP contribution is -1.87. The second kappa shape index (κ2) is 5.15. The third kappa shape index (κ3) is 2.24. The van der Waals surface area contributed by atoms with Gasteiger partial charge in [0.15, 0.2) is 0 Å². The summed E-state index contributed by atoms with van der Waals surface area (Å²) in [5.74, 6) is 0.722. The van der Waals surface area contributed by atoms with Crippen molar-refractivity contribution in [3.8, 4) is 17.0 Å². The Morgan fingerprint density at radius 3 is 2.90 bits per heavy atom. The van der Waals surface area contributed by atoms with E-state index in [-0.39, 0.29) is 6.61 Å². The highest BCUT2D eigenvalue weighted by Gasteiger charge is 2.11. The van der Waals surface area contributed by atoms with Crippen LogP contribution >= 0.6 is 11.6 Å². The van der Waals surface area contributed by atoms with Crippen molar-refractivity contribution in [3.05, 3.63) is 53.3 Å². The molecular weight excluding hydrogens is 276 g/mol. The minimum Gasteiger partial charge on any atom is -0.496 e. The van der Waals surface area contributed by atoms with Gasteiger partial charge in [-0.1, -0.05) is 11.6 Å². The van der Waals surface area contributed by atoms with Crippen LogP contribution in [0.15, 0.2) is 42.7 Å². The zero-order valence-electron chi connectivity index (χ0n) is 10.9. The molecule has 0 saturated heterocycles. The Balaban J connectivity index is 2.17. The van der Waals surface area contributed by atoms with E-state index in [1.165, 1.54) is 0 Å². The number of fused-ring (bicyclic) bond motifs is 1. The fraction of sp³-hybridized carbons (Fsp3) is 0.133. The summed E-state index contributed by atoms with van der Waals surface area (Å²) in [4.78, 5) is 4.55. The molecule has 0 spiro atoms. The van der Waals surface area contributed by atoms with E-state index in [2.05, 4.69) is 4.98 Å². The normalized spacial score (nSPS) is 10.9. The molecule has 0 aliphatic rings. The van der Waals surface area contributed by atoms with Crippen molar-refractivity contribution >= 4 is 17.2 Å². The minimum atomic E-state index is -0.000814. The molecule has 0 amide bonds. The molecular formula is C15H13ClN2O2. The number of aliphatic hydroxyl groups is 1. The Morgan fingerprint density at radius 2 is 2.15 bits per heavy atom. The first kappa shape index (κ1) is 13.0. The number of rotatable bonds is 3. The third-order valence-electron chi connectivity index (χ3n) is 3.14. The summed E-state index contributed by atoms with van der Waals surface area (Å²) >= 11 is 6.05. The lowest BCUT2D eigenvalue weighted by atomic mass is 10.1. The van der Waals surface area contributed by atoms with Gasteiger partial charge in [-0.2, -0.15) is 0 Å². The van der Waals surface area contributed by atoms with Gasteiger partial charge >= 0.3 is 0 Å². The first-order valence-corrected chi connectivity index (χ1v) is 6.51. The smallest absolute Gasteiger partial charge is 0.137 e. The molecule has 0 unspecified atom stereocenters. The van der Waals surface area contributed by atoms with Crippen molar-refractivity contribution in [2.24, 2.45) is 0 Å². The van der Waals surface area contributed by atoms with E-state index >= 15 is 0 Å². The Bertz CT molecular complexity index is 768. The zero-order chi connectivity index (χ0) is 14.1. The number of hydrogen-bond donors (Lipinski definition) is 1. The molecule has 1 aromatic carbocycles. The molecule has 0 radical (unpaired) electrons. The number of nitrogens with zero attached hydrogens (tertiary/aromatic N) is 2. The van der Waals surface area contributed by atoms with Gasteiger partial charge < -0.3 is 14.2 Å². The van der Waals surface area contributed by atoms with E-state index in [9.17, 15) is 0 Å². The summed E-state index contributed by atoms with van der Waals surface area (Å²) < 4.78 is 7.25. The van der Waals surface area contributed by atoms with Crippen LogP contribution in [0.4, 0.5) is 0 Å². The van der Waals surface area contributed by atoms with Crippen molar-refractivity contribution in [2.45, 2.75) is 6.61 Å². The number of aromatic nitrogens is 2. The van der Waals surface area contributed by atoms with Crippen LogP contribution < -0.4 is 4.74 Å². The van der Waals surface area contributed by atoms with E-state index in [0.29, 0.717) is 5.02 Å². The predicted molar refractivity (Wildman–Crippen MR) is 78.1 cm³/mol. The van der Waals surface area contributed by atoms with Crippen molar-refractivity contribution in [1.82, 2.24) is 9.38 Å². The first-order chi connectivity index (χ1) is 9.71. The molecule has 2 heterocycles. The van der Waals surface area contributed by atoms with Gasteiger partial charge in [0, 0.05) is 23.0 Å². The average Bonchev–Trinajstić information content (AvgIpc) is 2.89. The van der Waals surface area contributed by atoms with Gasteiger partial charge in [-0.25, -0.2) is 4.98 Å². The maximum absolute atomic E-state index is 9.16. The average molecular weight is 289 g/mol. The Hall–Kier alpha value is -2.04. The molecule has 3 rings (SSSR count). The molecule has 0 aliphatic heterocycles. The highest BCUT2D eigenvalue weighted by Crippen LogP contribution is 2.32. The highest BCUT2D eigenvalue weighted by molar-refractivity contribution is 6.30. The Kier molecular flexibility index (Phi) is 3.34. The Labute approximate surface area is 121 Å². The van der Waals surface area contributed by atoms with Gasteiger partial charge in [0.1, 0.15) is 11.4 Å². The number of benzene rings is 1. The fourth-order valence-electron chi connectivity index (χ4n) is 2.13. The lowest BCUT2D eigenvalue weighted by Gasteiger charge is -2.05. The van der Waals surface area contributed by atoms with Crippen molar-refractivity contribution in [2.75, 3.05) is 7.11 Å². The first-order valence-electron chi connectivity index (χ1n) is 6.13. The van der Waals surface area contributed by atoms with Gasteiger partial charge in [-0.05, 0) is 35.9 Å². The summed E-state index contributed by atoms with van der Waals surface area (Å²) in [5.41, 5.74) is 3.22. The molecule has 2 aromatic heterocycles. The number of hydrogen-bond acceptors (Lipinski definition) is 3. The summed E-state index contributed by atoms with van der Waals surface area (Å²) in [6.45, 7) is -0.000814. The summed E-state index contributed by atoms with van der Waals surface area (Å²) in [6, 6.07) is 9.13. The van der Waals surface area contributed by atoms with Crippen LogP contribution in [0.3, 0.4) is 0 Å². The molecule has 0 aliphatic carbocycles. The molecule has 20 heavy (non-hydrogen) atoms. The van der Waals surface area contributed by atoms with Crippen LogP contribution in [0.25, 0.3) is 16.9 Å². The molecule has 0 atom stereocenters. The maximum atomic E-state index is 9.16. The Morgan fingerprint density at radius 1 is 1.30 bits per heavy atom. The van der Waals surface area contributed by atoms with Crippen molar-refractivity contribution in [1.29, 1.82) is 0 Å². The topological polar surface area (TPSA) is 46.8 Å². The van der Waals surface area contributed by atoms with Gasteiger partial charge in [0.2, 0.25) is 0 Å². The molecule has 1 N–H and O–H groups in total. The van der Waals surface area contributed by atoms with Gasteiger partial charge in [-0.15, -0.1) is 0 Å². The van der Waals surface area contributed by atoms with Crippen molar-refractivity contribution in [3.63, 3.8) is 0 Å². The number of pyridine rings is 1. The number of ether oxygens (including phenoxy) is 1. The summed E-state index contributed by atoms with van der Waals surface area (Å²) in [7, 11) is 1.62. The van der Waals surface area contributed by atoms with Crippen LogP contribution in [0, 0.1) is 0 Å². The van der Waals surface area contributed by atoms with Crippen LogP contribution in [-0.2, 0) is 6.61 Å². The van der Waals surface area contributed by atoms with Gasteiger partial charge in [0.25, 0.3) is 0 Å². The summed E-state index contributed by atoms with van der Waals surface area (Å²) in [6.07, 6.45) is 3.78. The second-order valence-electron chi connectivity index (χ2n) is 4.43. The maximum Gasteiger partial charge on any atom is 0.137 e. The van der Waals surface area contributed by atoms with Crippen LogP contribution in [0.5, 0.6) is 5.75 Å². The largest absolute Gasteiger partial charge is 0.496 e. The second-order valence-corrected chi connectivity index (χ2v) is 4.87. The standard InChI is InChI=1S/C15H13ClN2O2/c1-20-14-3-2-11(16)7-12(14)13-8-18-5-4-10(9-19)6-15(18)17-13/h2-8,19H,9H2,1H3. The third-order valence-corrected chi connectivity index (χ3v) is 3.38. The fourth-order valence-corrected chi connectivity index (χ4v) is 2.30. The van der Waals surface area contributed by atoms with E-state index in [1.807, 2.05) is 41.1 Å². The molecule has 3 aromatic rings. The SMILES string of the molecule is COc1ccc(Cl)cc1-c1cn2ccc(CO)cc2n1. The van der Waals surface area contributed by atoms with Gasteiger partial charge in [0.05, 0.1) is 19.4 Å². The monoisotopic (exact) mass is 288 g/mol. The van der Waals surface area contributed by atoms with E-state index in [4.69, 9.17) is 21.4 Å². The molecule has 102 valence electrons. The van der Waals surface area contributed by atoms with Crippen LogP contribution in [0.2, 0.25) is 5.02 Å². The molecule has 5 heteroatoms. The summed E-state index contributed by atoms with van der Waals surface area (Å²) in [5, 5.41) is 9.80. The minimum absolute atomic E-state index is 0.000814. The van der Waals surface area contributed by atoms with Crippen LogP contribution in [-0.4, -0.2) is 21.6 Å². The lowest BCUT2D eigenvalue weighted by molar-refractivity contribution is 0.282. The highest BCUT2D eigenvalue weighted by atomic mass is 35.5. The predicted octanol–water partition coefficient (Wildman–Crippen LogP) is 3.16. The number of imidazole rings is 1. The van der Waals surface area contributed by atoms with E-state index in [0.717, 1.165) is 28.2 Å². The molecule has 4 nitrogen and oxygen atoms in total. The quantitative estimate of drug-likeness (QED) is 0.805. The van der Waals surface area contributed by atoms with Gasteiger partial charge in [-0.3, -0.25) is 0 Å². The van der Waals surface area contributed by atoms with Crippen molar-refractivity contribution < 1.29 is 9.84 Å². The van der Waals surface area contributed by atoms with E-state index in [1.54, 1.807) is 13.2 Å². The number of aliphatic hydroxyl groups excluding tert-OH is 1.